The number of ether oxygens (including phenoxy) is 1. The molecule has 2 aliphatic rings. The van der Waals surface area contributed by atoms with Crippen molar-refractivity contribution in [2.24, 2.45) is 5.73 Å². The molecule has 0 bridgehead atoms. The molecule has 3 aromatic rings. The van der Waals surface area contributed by atoms with Gasteiger partial charge in [0.05, 0.1) is 35.5 Å². The van der Waals surface area contributed by atoms with Crippen LogP contribution in [-0.4, -0.2) is 78.9 Å². The van der Waals surface area contributed by atoms with Gasteiger partial charge in [-0.25, -0.2) is 14.4 Å². The van der Waals surface area contributed by atoms with Crippen molar-refractivity contribution in [2.75, 3.05) is 55.4 Å². The van der Waals surface area contributed by atoms with Crippen LogP contribution in [0.25, 0.3) is 0 Å². The second-order valence-electron chi connectivity index (χ2n) is 10.8. The number of halogens is 1. The molecule has 11 heteroatoms. The molecule has 2 saturated heterocycles. The molecule has 4 N–H and O–H groups in total. The third-order valence-electron chi connectivity index (χ3n) is 8.06. The number of aromatic nitrogens is 2. The van der Waals surface area contributed by atoms with Gasteiger partial charge in [-0.05, 0) is 55.5 Å². The highest BCUT2D eigenvalue weighted by molar-refractivity contribution is 5.98. The molecule has 5 rings (SSSR count). The minimum absolute atomic E-state index is 0.135. The molecule has 0 saturated carbocycles. The Kier molecular flexibility index (Phi) is 9.46. The van der Waals surface area contributed by atoms with Gasteiger partial charge >= 0.3 is 0 Å². The first-order chi connectivity index (χ1) is 20.4. The second kappa shape index (κ2) is 13.6. The molecule has 220 valence electrons. The van der Waals surface area contributed by atoms with Gasteiger partial charge in [0.25, 0.3) is 5.91 Å². The Hall–Kier alpha value is -4.27. The predicted octanol–water partition coefficient (Wildman–Crippen LogP) is 3.87. The molecule has 1 amide bonds. The van der Waals surface area contributed by atoms with Crippen LogP contribution in [0.3, 0.4) is 0 Å². The molecule has 2 fully saturated rings. The van der Waals surface area contributed by atoms with Crippen LogP contribution >= 0.6 is 0 Å². The zero-order valence-corrected chi connectivity index (χ0v) is 23.8. The summed E-state index contributed by atoms with van der Waals surface area (Å²) in [5.74, 6) is 0.508. The molecule has 0 radical (unpaired) electrons. The van der Waals surface area contributed by atoms with Crippen LogP contribution in [0.5, 0.6) is 0 Å². The summed E-state index contributed by atoms with van der Waals surface area (Å²) in [5.41, 5.74) is 8.82. The number of methoxy groups -OCH3 is 1. The van der Waals surface area contributed by atoms with E-state index in [1.165, 1.54) is 18.0 Å². The maximum atomic E-state index is 15.3. The highest BCUT2D eigenvalue weighted by Gasteiger charge is 2.31. The number of anilines is 4. The molecule has 0 aliphatic carbocycles. The van der Waals surface area contributed by atoms with Crippen LogP contribution in [0.1, 0.15) is 40.7 Å². The SMILES string of the molecule is COC1CCN(CCc2ccc(Nc3cc(N[C@@H]4CCN(c5ccc(C#N)cn5)C[C@@H]4F)c(C(N)=O)cn3)cc2)CC1. The number of nitrogens with one attached hydrogen (secondary N) is 2. The van der Waals surface area contributed by atoms with Crippen molar-refractivity contribution in [3.8, 4) is 6.07 Å². The van der Waals surface area contributed by atoms with Crippen LogP contribution in [-0.2, 0) is 11.2 Å². The standard InChI is InChI=1S/C31H37FN8O2/c1-42-24-9-13-39(14-10-24)12-8-21-2-5-23(6-3-21)37-29-16-28(25(19-35-29)31(34)41)38-27-11-15-40(20-26(27)32)30-7-4-22(17-33)18-36-30/h2-7,16,18-19,24,26-27H,8-15,20H2,1H3,(H2,34,41)(H2,35,37,38)/t26-,27+/m0/s1. The van der Waals surface area contributed by atoms with Gasteiger partial charge in [0.15, 0.2) is 0 Å². The number of hydrogen-bond acceptors (Lipinski definition) is 9. The quantitative estimate of drug-likeness (QED) is 0.331. The Bertz CT molecular complexity index is 1390. The van der Waals surface area contributed by atoms with E-state index >= 15 is 4.39 Å². The number of benzene rings is 1. The zero-order chi connectivity index (χ0) is 29.5. The Labute approximate surface area is 245 Å². The molecule has 2 atom stereocenters. The number of primary amides is 1. The van der Waals surface area contributed by atoms with Crippen molar-refractivity contribution in [1.29, 1.82) is 5.26 Å². The first-order valence-electron chi connectivity index (χ1n) is 14.3. The van der Waals surface area contributed by atoms with E-state index in [0.29, 0.717) is 42.0 Å². The van der Waals surface area contributed by atoms with Gasteiger partial charge in [-0.1, -0.05) is 12.1 Å². The van der Waals surface area contributed by atoms with Crippen molar-refractivity contribution in [1.82, 2.24) is 14.9 Å². The molecule has 10 nitrogen and oxygen atoms in total. The van der Waals surface area contributed by atoms with Crippen LogP contribution in [0.15, 0.2) is 54.9 Å². The van der Waals surface area contributed by atoms with Crippen molar-refractivity contribution < 1.29 is 13.9 Å². The van der Waals surface area contributed by atoms with Gasteiger partial charge in [0, 0.05) is 57.4 Å². The largest absolute Gasteiger partial charge is 0.381 e. The number of piperidine rings is 2. The van der Waals surface area contributed by atoms with E-state index in [2.05, 4.69) is 37.6 Å². The Balaban J connectivity index is 1.18. The Morgan fingerprint density at radius 1 is 1.12 bits per heavy atom. The van der Waals surface area contributed by atoms with Gasteiger partial charge in [-0.15, -0.1) is 0 Å². The molecule has 42 heavy (non-hydrogen) atoms. The number of nitriles is 1. The van der Waals surface area contributed by atoms with Crippen LogP contribution in [0, 0.1) is 11.3 Å². The van der Waals surface area contributed by atoms with E-state index < -0.39 is 18.1 Å². The fraction of sp³-hybridized carbons (Fsp3) is 0.419. The number of nitrogens with zero attached hydrogens (tertiary/aromatic N) is 5. The summed E-state index contributed by atoms with van der Waals surface area (Å²) in [5, 5.41) is 15.5. The highest BCUT2D eigenvalue weighted by atomic mass is 19.1. The van der Waals surface area contributed by atoms with Crippen LogP contribution in [0.4, 0.5) is 27.4 Å². The van der Waals surface area contributed by atoms with Crippen molar-refractivity contribution in [3.05, 3.63) is 71.5 Å². The first-order valence-corrected chi connectivity index (χ1v) is 14.3. The van der Waals surface area contributed by atoms with E-state index in [1.807, 2.05) is 23.1 Å². The molecule has 0 unspecified atom stereocenters. The minimum Gasteiger partial charge on any atom is -0.381 e. The Morgan fingerprint density at radius 2 is 1.90 bits per heavy atom. The van der Waals surface area contributed by atoms with Gasteiger partial charge < -0.3 is 30.9 Å². The summed E-state index contributed by atoms with van der Waals surface area (Å²) in [6, 6.07) is 14.8. The maximum absolute atomic E-state index is 15.3. The molecular weight excluding hydrogens is 535 g/mol. The molecular formula is C31H37FN8O2. The van der Waals surface area contributed by atoms with Gasteiger partial charge in [0.1, 0.15) is 23.9 Å². The monoisotopic (exact) mass is 572 g/mol. The highest BCUT2D eigenvalue weighted by Crippen LogP contribution is 2.27. The van der Waals surface area contributed by atoms with Crippen LogP contribution < -0.4 is 21.3 Å². The second-order valence-corrected chi connectivity index (χ2v) is 10.8. The summed E-state index contributed by atoms with van der Waals surface area (Å²) >= 11 is 0. The number of likely N-dealkylation sites (tertiary alicyclic amines) is 1. The van der Waals surface area contributed by atoms with E-state index in [4.69, 9.17) is 15.7 Å². The summed E-state index contributed by atoms with van der Waals surface area (Å²) < 4.78 is 20.8. The molecule has 4 heterocycles. The molecule has 0 spiro atoms. The molecule has 1 aromatic carbocycles. The fourth-order valence-electron chi connectivity index (χ4n) is 5.51. The maximum Gasteiger partial charge on any atom is 0.252 e. The van der Waals surface area contributed by atoms with Crippen molar-refractivity contribution >= 4 is 28.9 Å². The summed E-state index contributed by atoms with van der Waals surface area (Å²) in [6.07, 6.45) is 5.69. The lowest BCUT2D eigenvalue weighted by atomic mass is 10.0. The third-order valence-corrected chi connectivity index (χ3v) is 8.06. The zero-order valence-electron chi connectivity index (χ0n) is 23.8. The summed E-state index contributed by atoms with van der Waals surface area (Å²) in [4.78, 5) is 25.1. The lowest BCUT2D eigenvalue weighted by molar-refractivity contribution is 0.0415. The fourth-order valence-corrected chi connectivity index (χ4v) is 5.51. The van der Waals surface area contributed by atoms with E-state index in [0.717, 1.165) is 44.6 Å². The first kappa shape index (κ1) is 29.2. The smallest absolute Gasteiger partial charge is 0.252 e. The van der Waals surface area contributed by atoms with Crippen molar-refractivity contribution in [3.63, 3.8) is 0 Å². The number of pyridine rings is 2. The van der Waals surface area contributed by atoms with E-state index in [-0.39, 0.29) is 12.1 Å². The summed E-state index contributed by atoms with van der Waals surface area (Å²) in [6.45, 7) is 3.86. The number of alkyl halides is 1. The normalized spacial score (nSPS) is 19.7. The lowest BCUT2D eigenvalue weighted by Gasteiger charge is -2.36. The van der Waals surface area contributed by atoms with E-state index in [9.17, 15) is 4.79 Å². The number of carbonyl (C=O) groups is 1. The number of hydrogen-bond donors (Lipinski definition) is 3. The van der Waals surface area contributed by atoms with Gasteiger partial charge in [-0.2, -0.15) is 5.26 Å². The summed E-state index contributed by atoms with van der Waals surface area (Å²) in [7, 11) is 1.79. The molecule has 2 aliphatic heterocycles. The molecule has 2 aromatic heterocycles. The van der Waals surface area contributed by atoms with Gasteiger partial charge in [-0.3, -0.25) is 4.79 Å². The van der Waals surface area contributed by atoms with Crippen LogP contribution in [0.2, 0.25) is 0 Å². The number of nitrogens with two attached hydrogens (primary N) is 1. The Morgan fingerprint density at radius 3 is 2.55 bits per heavy atom. The lowest BCUT2D eigenvalue weighted by Crippen LogP contribution is -2.48. The van der Waals surface area contributed by atoms with E-state index in [1.54, 1.807) is 25.3 Å². The van der Waals surface area contributed by atoms with Gasteiger partial charge in [0.2, 0.25) is 0 Å². The number of rotatable bonds is 10. The number of carbonyl (C=O) groups excluding carboxylic acids is 1. The average Bonchev–Trinajstić information content (AvgIpc) is 3.02. The third kappa shape index (κ3) is 7.32. The number of amides is 1. The predicted molar refractivity (Wildman–Crippen MR) is 161 cm³/mol. The average molecular weight is 573 g/mol. The van der Waals surface area contributed by atoms with Crippen molar-refractivity contribution in [2.45, 2.75) is 44.0 Å². The topological polar surface area (TPSA) is 132 Å². The minimum atomic E-state index is -1.22.